The lowest BCUT2D eigenvalue weighted by Gasteiger charge is -2.24. The van der Waals surface area contributed by atoms with E-state index in [1.54, 1.807) is 12.1 Å². The van der Waals surface area contributed by atoms with Crippen molar-refractivity contribution < 1.29 is 4.39 Å². The van der Waals surface area contributed by atoms with Crippen molar-refractivity contribution in [1.29, 1.82) is 0 Å². The summed E-state index contributed by atoms with van der Waals surface area (Å²) in [5.41, 5.74) is 1.21. The molecule has 2 unspecified atom stereocenters. The van der Waals surface area contributed by atoms with Gasteiger partial charge in [-0.15, -0.1) is 0 Å². The third kappa shape index (κ3) is 5.73. The summed E-state index contributed by atoms with van der Waals surface area (Å²) in [5.74, 6) is 0.603. The SMILES string of the molecule is CCCCC(CC)CC(NCC)c1ccc(F)cc1. The molecule has 1 N–H and O–H groups in total. The van der Waals surface area contributed by atoms with E-state index in [2.05, 4.69) is 26.1 Å². The molecular formula is C17H28FN. The number of halogens is 1. The topological polar surface area (TPSA) is 12.0 Å². The number of nitrogens with one attached hydrogen (secondary N) is 1. The molecule has 0 saturated carbocycles. The van der Waals surface area contributed by atoms with Crippen LogP contribution in [-0.2, 0) is 0 Å². The number of hydrogen-bond donors (Lipinski definition) is 1. The zero-order valence-corrected chi connectivity index (χ0v) is 12.6. The maximum absolute atomic E-state index is 13.0. The van der Waals surface area contributed by atoms with E-state index in [0.717, 1.165) is 18.9 Å². The van der Waals surface area contributed by atoms with Gasteiger partial charge in [0.2, 0.25) is 0 Å². The van der Waals surface area contributed by atoms with Crippen molar-refractivity contribution in [2.24, 2.45) is 5.92 Å². The van der Waals surface area contributed by atoms with Gasteiger partial charge in [0.1, 0.15) is 5.82 Å². The molecule has 0 amide bonds. The van der Waals surface area contributed by atoms with Crippen LogP contribution in [0.25, 0.3) is 0 Å². The van der Waals surface area contributed by atoms with Gasteiger partial charge in [-0.05, 0) is 36.6 Å². The summed E-state index contributed by atoms with van der Waals surface area (Å²) in [6.07, 6.45) is 6.24. The summed E-state index contributed by atoms with van der Waals surface area (Å²) < 4.78 is 13.0. The molecule has 0 fully saturated rings. The van der Waals surface area contributed by atoms with Crippen molar-refractivity contribution in [1.82, 2.24) is 5.32 Å². The third-order valence-corrected chi connectivity index (χ3v) is 3.84. The summed E-state index contributed by atoms with van der Waals surface area (Å²) in [7, 11) is 0. The predicted molar refractivity (Wildman–Crippen MR) is 80.7 cm³/mol. The molecule has 1 nitrogen and oxygen atoms in total. The highest BCUT2D eigenvalue weighted by atomic mass is 19.1. The van der Waals surface area contributed by atoms with Crippen LogP contribution in [0.2, 0.25) is 0 Å². The molecule has 1 aromatic rings. The molecule has 2 atom stereocenters. The van der Waals surface area contributed by atoms with Crippen molar-refractivity contribution in [3.8, 4) is 0 Å². The highest BCUT2D eigenvalue weighted by Crippen LogP contribution is 2.26. The van der Waals surface area contributed by atoms with Gasteiger partial charge in [0.25, 0.3) is 0 Å². The smallest absolute Gasteiger partial charge is 0.123 e. The monoisotopic (exact) mass is 265 g/mol. The lowest BCUT2D eigenvalue weighted by atomic mass is 9.89. The van der Waals surface area contributed by atoms with Crippen LogP contribution < -0.4 is 5.32 Å². The van der Waals surface area contributed by atoms with Crippen LogP contribution in [0, 0.1) is 11.7 Å². The van der Waals surface area contributed by atoms with Crippen molar-refractivity contribution in [3.63, 3.8) is 0 Å². The van der Waals surface area contributed by atoms with E-state index in [-0.39, 0.29) is 5.82 Å². The van der Waals surface area contributed by atoms with Crippen LogP contribution in [-0.4, -0.2) is 6.54 Å². The first-order chi connectivity index (χ1) is 9.21. The van der Waals surface area contributed by atoms with E-state index in [4.69, 9.17) is 0 Å². The van der Waals surface area contributed by atoms with Crippen molar-refractivity contribution in [3.05, 3.63) is 35.6 Å². The lowest BCUT2D eigenvalue weighted by molar-refractivity contribution is 0.357. The average Bonchev–Trinajstić information content (AvgIpc) is 2.43. The highest BCUT2D eigenvalue weighted by molar-refractivity contribution is 5.20. The van der Waals surface area contributed by atoms with Gasteiger partial charge in [0.15, 0.2) is 0 Å². The molecule has 0 heterocycles. The first-order valence-corrected chi connectivity index (χ1v) is 7.70. The quantitative estimate of drug-likeness (QED) is 0.656. The Bertz CT molecular complexity index is 334. The van der Waals surface area contributed by atoms with E-state index in [0.29, 0.717) is 6.04 Å². The Kier molecular flexibility index (Phi) is 7.73. The minimum absolute atomic E-state index is 0.156. The molecular weight excluding hydrogens is 237 g/mol. The van der Waals surface area contributed by atoms with Crippen molar-refractivity contribution >= 4 is 0 Å². The van der Waals surface area contributed by atoms with Gasteiger partial charge in [-0.1, -0.05) is 58.6 Å². The lowest BCUT2D eigenvalue weighted by Crippen LogP contribution is -2.23. The fourth-order valence-corrected chi connectivity index (χ4v) is 2.59. The Labute approximate surface area is 117 Å². The number of unbranched alkanes of at least 4 members (excludes halogenated alkanes) is 1. The summed E-state index contributed by atoms with van der Waals surface area (Å²) in [6.45, 7) is 7.60. The van der Waals surface area contributed by atoms with Gasteiger partial charge < -0.3 is 5.32 Å². The van der Waals surface area contributed by atoms with Crippen LogP contribution in [0.5, 0.6) is 0 Å². The van der Waals surface area contributed by atoms with Crippen molar-refractivity contribution in [2.75, 3.05) is 6.54 Å². The van der Waals surface area contributed by atoms with Gasteiger partial charge in [-0.25, -0.2) is 4.39 Å². The standard InChI is InChI=1S/C17H28FN/c1-4-7-8-14(5-2)13-17(19-6-3)15-9-11-16(18)12-10-15/h9-12,14,17,19H,4-8,13H2,1-3H3. The minimum Gasteiger partial charge on any atom is -0.310 e. The minimum atomic E-state index is -0.156. The molecule has 19 heavy (non-hydrogen) atoms. The highest BCUT2D eigenvalue weighted by Gasteiger charge is 2.16. The first-order valence-electron chi connectivity index (χ1n) is 7.70. The Hall–Kier alpha value is -0.890. The average molecular weight is 265 g/mol. The molecule has 0 saturated heterocycles. The second-order valence-electron chi connectivity index (χ2n) is 5.31. The molecule has 0 aliphatic carbocycles. The summed E-state index contributed by atoms with van der Waals surface area (Å²) in [4.78, 5) is 0. The first kappa shape index (κ1) is 16.2. The number of hydrogen-bond acceptors (Lipinski definition) is 1. The maximum Gasteiger partial charge on any atom is 0.123 e. The zero-order chi connectivity index (χ0) is 14.1. The van der Waals surface area contributed by atoms with Gasteiger partial charge in [0, 0.05) is 6.04 Å². The van der Waals surface area contributed by atoms with Gasteiger partial charge in [-0.3, -0.25) is 0 Å². The van der Waals surface area contributed by atoms with Crippen molar-refractivity contribution in [2.45, 2.75) is 58.9 Å². The Morgan fingerprint density at radius 2 is 1.79 bits per heavy atom. The van der Waals surface area contributed by atoms with E-state index < -0.39 is 0 Å². The molecule has 1 rings (SSSR count). The molecule has 108 valence electrons. The predicted octanol–water partition coefficient (Wildman–Crippen LogP) is 5.08. The molecule has 2 heteroatoms. The molecule has 1 aromatic carbocycles. The normalized spacial score (nSPS) is 14.3. The summed E-state index contributed by atoms with van der Waals surface area (Å²) in [6, 6.07) is 7.30. The van der Waals surface area contributed by atoms with Crippen LogP contribution in [0.3, 0.4) is 0 Å². The molecule has 0 radical (unpaired) electrons. The van der Waals surface area contributed by atoms with Crippen LogP contribution in [0.15, 0.2) is 24.3 Å². The summed E-state index contributed by atoms with van der Waals surface area (Å²) >= 11 is 0. The second-order valence-corrected chi connectivity index (χ2v) is 5.31. The Morgan fingerprint density at radius 1 is 1.11 bits per heavy atom. The Morgan fingerprint density at radius 3 is 2.32 bits per heavy atom. The van der Waals surface area contributed by atoms with Crippen LogP contribution in [0.4, 0.5) is 4.39 Å². The molecule has 0 aliphatic heterocycles. The van der Waals surface area contributed by atoms with E-state index in [1.807, 2.05) is 12.1 Å². The number of benzene rings is 1. The maximum atomic E-state index is 13.0. The molecule has 0 bridgehead atoms. The second kappa shape index (κ2) is 9.08. The third-order valence-electron chi connectivity index (χ3n) is 3.84. The molecule has 0 aromatic heterocycles. The largest absolute Gasteiger partial charge is 0.310 e. The van der Waals surface area contributed by atoms with Gasteiger partial charge in [-0.2, -0.15) is 0 Å². The van der Waals surface area contributed by atoms with Crippen LogP contribution in [0.1, 0.15) is 64.5 Å². The van der Waals surface area contributed by atoms with Crippen LogP contribution >= 0.6 is 0 Å². The molecule has 0 spiro atoms. The van der Waals surface area contributed by atoms with Gasteiger partial charge in [0.05, 0.1) is 0 Å². The van der Waals surface area contributed by atoms with E-state index in [9.17, 15) is 4.39 Å². The van der Waals surface area contributed by atoms with Gasteiger partial charge >= 0.3 is 0 Å². The van der Waals surface area contributed by atoms with E-state index >= 15 is 0 Å². The fraction of sp³-hybridized carbons (Fsp3) is 0.647. The fourth-order valence-electron chi connectivity index (χ4n) is 2.59. The number of rotatable bonds is 9. The summed E-state index contributed by atoms with van der Waals surface area (Å²) in [5, 5.41) is 3.54. The zero-order valence-electron chi connectivity index (χ0n) is 12.6. The van der Waals surface area contributed by atoms with E-state index in [1.165, 1.54) is 31.2 Å². The Balaban J connectivity index is 2.67. The molecule has 0 aliphatic rings.